The third-order valence-electron chi connectivity index (χ3n) is 12.5. The maximum absolute atomic E-state index is 11.7. The Balaban J connectivity index is -0.000000765. The van der Waals surface area contributed by atoms with Crippen molar-refractivity contribution >= 4 is 41.1 Å². The molecule has 12 heteroatoms. The van der Waals surface area contributed by atoms with E-state index in [1.54, 1.807) is 6.92 Å². The number of amides is 5. The number of halogens is 1. The summed E-state index contributed by atoms with van der Waals surface area (Å²) in [4.78, 5) is 57.4. The summed E-state index contributed by atoms with van der Waals surface area (Å²) in [5.41, 5.74) is 0. The molecule has 0 unspecified atom stereocenters. The molecule has 67 heavy (non-hydrogen) atoms. The lowest BCUT2D eigenvalue weighted by molar-refractivity contribution is -0.126. The summed E-state index contributed by atoms with van der Waals surface area (Å²) in [5.74, 6) is 5.15. The molecular formula is C55H110ClN5O6. The first kappa shape index (κ1) is 68.9. The Hall–Kier alpha value is -2.40. The van der Waals surface area contributed by atoms with Gasteiger partial charge in [0, 0.05) is 53.8 Å². The molecule has 2 fully saturated rings. The molecule has 0 heterocycles. The lowest BCUT2D eigenvalue weighted by Crippen LogP contribution is -2.46. The molecule has 6 N–H and O–H groups in total. The van der Waals surface area contributed by atoms with Gasteiger partial charge in [-0.1, -0.05) is 165 Å². The van der Waals surface area contributed by atoms with E-state index < -0.39 is 6.10 Å². The van der Waals surface area contributed by atoms with Gasteiger partial charge in [0.25, 0.3) is 0 Å². The van der Waals surface area contributed by atoms with Crippen LogP contribution in [0.3, 0.4) is 0 Å². The zero-order valence-corrected chi connectivity index (χ0v) is 48.4. The van der Waals surface area contributed by atoms with Crippen molar-refractivity contribution in [2.24, 2.45) is 76.9 Å². The molecule has 0 bridgehead atoms. The average molecular weight is 973 g/mol. The molecule has 0 aliphatic heterocycles. The first-order valence-electron chi connectivity index (χ1n) is 26.5. The number of aliphatic hydroxyl groups is 1. The Kier molecular flexibility index (Phi) is 36.7. The van der Waals surface area contributed by atoms with Crippen molar-refractivity contribution < 1.29 is 29.1 Å². The van der Waals surface area contributed by atoms with E-state index in [9.17, 15) is 29.1 Å². The van der Waals surface area contributed by atoms with Gasteiger partial charge in [-0.2, -0.15) is 0 Å². The van der Waals surface area contributed by atoms with E-state index in [1.165, 1.54) is 38.5 Å². The number of carbonyl (C=O) groups is 5. The van der Waals surface area contributed by atoms with E-state index in [-0.39, 0.29) is 82.5 Å². The second-order valence-electron chi connectivity index (χ2n) is 23.2. The predicted octanol–water partition coefficient (Wildman–Crippen LogP) is 11.2. The molecule has 0 aromatic heterocycles. The van der Waals surface area contributed by atoms with Gasteiger partial charge in [0.15, 0.2) is 0 Å². The Morgan fingerprint density at radius 2 is 0.597 bits per heavy atom. The topological polar surface area (TPSA) is 166 Å². The fourth-order valence-corrected chi connectivity index (χ4v) is 8.20. The molecule has 5 amide bonds. The third-order valence-corrected chi connectivity index (χ3v) is 12.8. The van der Waals surface area contributed by atoms with Crippen molar-refractivity contribution in [2.45, 2.75) is 246 Å². The smallest absolute Gasteiger partial charge is 0.222 e. The molecular weight excluding hydrogens is 862 g/mol. The highest BCUT2D eigenvalue weighted by Gasteiger charge is 2.34. The minimum absolute atomic E-state index is 0.000370. The van der Waals surface area contributed by atoms with E-state index in [4.69, 9.17) is 11.6 Å². The van der Waals surface area contributed by atoms with Gasteiger partial charge in [0.05, 0.1) is 17.5 Å². The summed E-state index contributed by atoms with van der Waals surface area (Å²) in [6.07, 6.45) is 7.35. The van der Waals surface area contributed by atoms with Crippen LogP contribution in [0.25, 0.3) is 0 Å². The van der Waals surface area contributed by atoms with Gasteiger partial charge in [-0.05, 0) is 86.9 Å². The van der Waals surface area contributed by atoms with E-state index in [1.807, 2.05) is 90.0 Å². The molecule has 2 aliphatic rings. The normalized spacial score (nSPS) is 16.7. The van der Waals surface area contributed by atoms with Crippen LogP contribution in [0.5, 0.6) is 0 Å². The average Bonchev–Trinajstić information content (AvgIpc) is 3.90. The molecule has 0 saturated heterocycles. The summed E-state index contributed by atoms with van der Waals surface area (Å²) in [7, 11) is 0. The summed E-state index contributed by atoms with van der Waals surface area (Å²) in [5, 5.41) is 24.6. The zero-order chi connectivity index (χ0) is 53.2. The van der Waals surface area contributed by atoms with Crippen molar-refractivity contribution in [2.75, 3.05) is 0 Å². The molecule has 6 atom stereocenters. The molecule has 11 nitrogen and oxygen atoms in total. The molecule has 0 spiro atoms. The van der Waals surface area contributed by atoms with Gasteiger partial charge < -0.3 is 31.7 Å². The minimum atomic E-state index is -0.498. The van der Waals surface area contributed by atoms with Crippen LogP contribution in [0, 0.1) is 76.9 Å². The standard InChI is InChI=1S/C13H25NO.C11H21NO.C11H23NO.C10H20ClNO.C10H21NO2/c1-9(2)12(11-7-5-6-8-11)14-13(15)10(3)4;1-7(2)10(9-5-6-9)12-11(13)8(3)4;1-7(2)10(8(3)4)12-11(13)9(5)6;1-6(2)9(8(5)11)12-10(13)7(3)4;1-6(2)9(8(5)12)11-10(13)7(3)4/h9-12H,5-8H2,1-4H3,(H,14,15);7-10H,5-6H2,1-4H3,(H,12,13);7-10H,1-6H3,(H,12,13);6-9H,1-5H3,(H,12,13);6-9,12H,1-5H3,(H,11,13)/t12-;10-;;8-,9-;8-,9+/m00.01/s1. The van der Waals surface area contributed by atoms with Crippen LogP contribution in [-0.4, -0.2) is 76.3 Å². The van der Waals surface area contributed by atoms with Crippen molar-refractivity contribution in [3.63, 3.8) is 0 Å². The van der Waals surface area contributed by atoms with Crippen LogP contribution in [-0.2, 0) is 24.0 Å². The molecule has 2 rings (SSSR count). The highest BCUT2D eigenvalue weighted by Crippen LogP contribution is 2.36. The number of alkyl halides is 1. The number of hydrogen-bond acceptors (Lipinski definition) is 6. The van der Waals surface area contributed by atoms with Crippen molar-refractivity contribution in [1.29, 1.82) is 0 Å². The van der Waals surface area contributed by atoms with Crippen LogP contribution in [0.15, 0.2) is 0 Å². The second-order valence-corrected chi connectivity index (χ2v) is 23.9. The summed E-state index contributed by atoms with van der Waals surface area (Å²) < 4.78 is 0. The van der Waals surface area contributed by atoms with Crippen LogP contribution in [0.1, 0.15) is 205 Å². The molecule has 398 valence electrons. The van der Waals surface area contributed by atoms with Gasteiger partial charge in [0.2, 0.25) is 29.5 Å². The Morgan fingerprint density at radius 3 is 0.806 bits per heavy atom. The number of hydrogen-bond donors (Lipinski definition) is 6. The van der Waals surface area contributed by atoms with Gasteiger partial charge in [-0.3, -0.25) is 24.0 Å². The summed E-state index contributed by atoms with van der Waals surface area (Å²) in [6.45, 7) is 48.2. The molecule has 0 aromatic carbocycles. The lowest BCUT2D eigenvalue weighted by atomic mass is 9.89. The van der Waals surface area contributed by atoms with Crippen molar-refractivity contribution in [1.82, 2.24) is 26.6 Å². The van der Waals surface area contributed by atoms with Crippen molar-refractivity contribution in [3.05, 3.63) is 0 Å². The van der Waals surface area contributed by atoms with Gasteiger partial charge >= 0.3 is 0 Å². The maximum Gasteiger partial charge on any atom is 0.222 e. The van der Waals surface area contributed by atoms with Gasteiger partial charge in [-0.25, -0.2) is 0 Å². The molecule has 0 radical (unpaired) electrons. The molecule has 2 saturated carbocycles. The zero-order valence-electron chi connectivity index (χ0n) is 47.7. The maximum atomic E-state index is 11.7. The fourth-order valence-electron chi connectivity index (χ4n) is 7.84. The van der Waals surface area contributed by atoms with E-state index in [0.29, 0.717) is 53.6 Å². The SMILES string of the molecule is CC(C)C(=O)NC(C(C)C)C(C)C.CC(C)C(=O)N[C@@H](C(C)C)C1CC1.CC(C)C(=O)N[C@@H](C(C)C)C1CCCC1.CC(C)C(=O)N[C@@H](C(C)C)[C@@H](C)O.CC(C)C(=O)N[C@@H](C(C)C)[C@H](C)Cl. The van der Waals surface area contributed by atoms with Crippen LogP contribution >= 0.6 is 11.6 Å². The van der Waals surface area contributed by atoms with E-state index >= 15 is 0 Å². The van der Waals surface area contributed by atoms with Crippen LogP contribution in [0.2, 0.25) is 0 Å². The Bertz CT molecular complexity index is 1180. The van der Waals surface area contributed by atoms with Crippen LogP contribution in [0.4, 0.5) is 0 Å². The molecule has 0 aromatic rings. The number of carbonyl (C=O) groups excluding carboxylic acids is 5. The quantitative estimate of drug-likeness (QED) is 0.0665. The van der Waals surface area contributed by atoms with Gasteiger partial charge in [0.1, 0.15) is 0 Å². The first-order valence-corrected chi connectivity index (χ1v) is 26.9. The molecule has 2 aliphatic carbocycles. The monoisotopic (exact) mass is 972 g/mol. The highest BCUT2D eigenvalue weighted by molar-refractivity contribution is 6.21. The van der Waals surface area contributed by atoms with Crippen molar-refractivity contribution in [3.8, 4) is 0 Å². The van der Waals surface area contributed by atoms with Crippen LogP contribution < -0.4 is 26.6 Å². The summed E-state index contributed by atoms with van der Waals surface area (Å²) in [6, 6.07) is 1.03. The number of rotatable bonds is 20. The van der Waals surface area contributed by atoms with Gasteiger partial charge in [-0.15, -0.1) is 11.6 Å². The fraction of sp³-hybridized carbons (Fsp3) is 0.909. The predicted molar refractivity (Wildman–Crippen MR) is 285 cm³/mol. The number of nitrogens with one attached hydrogen (secondary N) is 5. The third kappa shape index (κ3) is 31.4. The largest absolute Gasteiger partial charge is 0.391 e. The van der Waals surface area contributed by atoms with E-state index in [0.717, 1.165) is 5.92 Å². The Labute approximate surface area is 418 Å². The first-order chi connectivity index (χ1) is 30.6. The summed E-state index contributed by atoms with van der Waals surface area (Å²) >= 11 is 5.97. The second kappa shape index (κ2) is 35.7. The number of aliphatic hydroxyl groups excluding tert-OH is 1. The highest BCUT2D eigenvalue weighted by atomic mass is 35.5. The lowest BCUT2D eigenvalue weighted by Gasteiger charge is -2.29. The minimum Gasteiger partial charge on any atom is -0.391 e. The Morgan fingerprint density at radius 1 is 0.358 bits per heavy atom. The van der Waals surface area contributed by atoms with E-state index in [2.05, 4.69) is 95.8 Å².